The monoisotopic (exact) mass is 473 g/mol. The number of aryl methyl sites for hydroxylation is 1. The van der Waals surface area contributed by atoms with Crippen molar-refractivity contribution in [2.24, 2.45) is 0 Å². The molecule has 9 heteroatoms. The minimum atomic E-state index is -0.198. The highest BCUT2D eigenvalue weighted by Crippen LogP contribution is 2.23. The van der Waals surface area contributed by atoms with Gasteiger partial charge < -0.3 is 9.72 Å². The highest BCUT2D eigenvalue weighted by molar-refractivity contribution is 7.14. The van der Waals surface area contributed by atoms with Crippen LogP contribution in [0.15, 0.2) is 71.7 Å². The van der Waals surface area contributed by atoms with E-state index in [4.69, 9.17) is 4.98 Å². The first-order valence-electron chi connectivity index (χ1n) is 10.2. The fourth-order valence-corrected chi connectivity index (χ4v) is 4.72. The van der Waals surface area contributed by atoms with Crippen molar-refractivity contribution in [3.63, 3.8) is 0 Å². The van der Waals surface area contributed by atoms with E-state index < -0.39 is 0 Å². The van der Waals surface area contributed by atoms with E-state index in [1.54, 1.807) is 11.4 Å². The van der Waals surface area contributed by atoms with Gasteiger partial charge in [-0.3, -0.25) is 14.9 Å². The Labute approximate surface area is 197 Å². The predicted molar refractivity (Wildman–Crippen MR) is 132 cm³/mol. The van der Waals surface area contributed by atoms with E-state index in [0.717, 1.165) is 22.5 Å². The van der Waals surface area contributed by atoms with E-state index >= 15 is 0 Å². The maximum Gasteiger partial charge on any atom is 0.267 e. The maximum absolute atomic E-state index is 12.5. The van der Waals surface area contributed by atoms with Crippen LogP contribution in [-0.4, -0.2) is 26.2 Å². The molecule has 0 aliphatic carbocycles. The zero-order valence-corrected chi connectivity index (χ0v) is 19.2. The number of nitrogens with one attached hydrogen (secondary N) is 2. The lowest BCUT2D eigenvalue weighted by atomic mass is 10.1. The van der Waals surface area contributed by atoms with Crippen LogP contribution >= 0.6 is 22.7 Å². The molecule has 4 heterocycles. The molecule has 0 bridgehead atoms. The number of thiophene rings is 1. The van der Waals surface area contributed by atoms with Crippen molar-refractivity contribution in [1.82, 2.24) is 14.4 Å². The van der Waals surface area contributed by atoms with Gasteiger partial charge in [-0.25, -0.2) is 9.97 Å². The summed E-state index contributed by atoms with van der Waals surface area (Å²) in [6.07, 6.45) is 4.09. The summed E-state index contributed by atoms with van der Waals surface area (Å²) in [5.41, 5.74) is 5.20. The number of aromatic nitrogens is 3. The second-order valence-corrected chi connectivity index (χ2v) is 9.23. The number of carbonyl (C=O) groups is 2. The number of rotatable bonds is 6. The Bertz CT molecular complexity index is 1440. The third kappa shape index (κ3) is 4.69. The zero-order valence-electron chi connectivity index (χ0n) is 17.6. The van der Waals surface area contributed by atoms with Crippen molar-refractivity contribution in [1.29, 1.82) is 0 Å². The van der Waals surface area contributed by atoms with Crippen molar-refractivity contribution >= 4 is 51.0 Å². The molecule has 0 aliphatic rings. The number of hydrogen-bond acceptors (Lipinski definition) is 6. The van der Waals surface area contributed by atoms with Crippen molar-refractivity contribution < 1.29 is 9.59 Å². The summed E-state index contributed by atoms with van der Waals surface area (Å²) in [7, 11) is 0. The van der Waals surface area contributed by atoms with E-state index in [9.17, 15) is 9.59 Å². The first-order chi connectivity index (χ1) is 16.0. The van der Waals surface area contributed by atoms with Gasteiger partial charge in [0.2, 0.25) is 5.91 Å². The van der Waals surface area contributed by atoms with Crippen molar-refractivity contribution in [3.8, 4) is 11.3 Å². The zero-order chi connectivity index (χ0) is 22.8. The molecule has 0 spiro atoms. The fraction of sp³-hybridized carbons (Fsp3) is 0.0833. The molecular formula is C24H19N5O2S2. The molecule has 5 aromatic rings. The van der Waals surface area contributed by atoms with Gasteiger partial charge in [0, 0.05) is 29.0 Å². The van der Waals surface area contributed by atoms with Gasteiger partial charge in [-0.2, -0.15) is 0 Å². The smallest absolute Gasteiger partial charge is 0.267 e. The number of pyridine rings is 1. The number of nitrogens with zero attached hydrogens (tertiary/aromatic N) is 3. The second kappa shape index (κ2) is 8.97. The number of benzene rings is 1. The van der Waals surface area contributed by atoms with Gasteiger partial charge in [0.15, 0.2) is 5.13 Å². The number of anilines is 2. The molecule has 2 amide bonds. The SMILES string of the molecule is Cc1cccn2cc(-c3ccc(NC(=O)Cc4csc(NC(=O)c5cccs5)n4)cc3)nc12. The number of imidazole rings is 1. The van der Waals surface area contributed by atoms with Crippen LogP contribution in [0.5, 0.6) is 0 Å². The lowest BCUT2D eigenvalue weighted by Gasteiger charge is -2.05. The van der Waals surface area contributed by atoms with Crippen molar-refractivity contribution in [2.75, 3.05) is 10.6 Å². The van der Waals surface area contributed by atoms with Gasteiger partial charge in [-0.05, 0) is 42.1 Å². The Kier molecular flexibility index (Phi) is 5.72. The van der Waals surface area contributed by atoms with Gasteiger partial charge >= 0.3 is 0 Å². The molecule has 5 rings (SSSR count). The minimum absolute atomic E-state index is 0.124. The third-order valence-electron chi connectivity index (χ3n) is 5.00. The van der Waals surface area contributed by atoms with E-state index in [1.165, 1.54) is 22.7 Å². The summed E-state index contributed by atoms with van der Waals surface area (Å²) in [6, 6.07) is 15.2. The standard InChI is InChI=1S/C24H19N5O2S2/c1-15-4-2-10-29-13-19(27-22(15)29)16-6-8-17(9-7-16)25-21(30)12-18-14-33-24(26-18)28-23(31)20-5-3-11-32-20/h2-11,13-14H,12H2,1H3,(H,25,30)(H,26,28,31). The van der Waals surface area contributed by atoms with Gasteiger partial charge in [-0.15, -0.1) is 22.7 Å². The summed E-state index contributed by atoms with van der Waals surface area (Å²) in [4.78, 5) is 34.3. The molecule has 164 valence electrons. The van der Waals surface area contributed by atoms with Crippen LogP contribution < -0.4 is 10.6 Å². The number of amides is 2. The summed E-state index contributed by atoms with van der Waals surface area (Å²) >= 11 is 2.66. The lowest BCUT2D eigenvalue weighted by Crippen LogP contribution is -2.15. The average molecular weight is 474 g/mol. The average Bonchev–Trinajstić information content (AvgIpc) is 3.56. The Morgan fingerprint density at radius 3 is 2.61 bits per heavy atom. The van der Waals surface area contributed by atoms with E-state index in [2.05, 4.69) is 15.6 Å². The molecule has 7 nitrogen and oxygen atoms in total. The molecule has 0 saturated carbocycles. The van der Waals surface area contributed by atoms with Crippen LogP contribution in [0, 0.1) is 6.92 Å². The minimum Gasteiger partial charge on any atom is -0.326 e. The lowest BCUT2D eigenvalue weighted by molar-refractivity contribution is -0.115. The molecule has 2 N–H and O–H groups in total. The number of hydrogen-bond donors (Lipinski definition) is 2. The molecule has 0 saturated heterocycles. The van der Waals surface area contributed by atoms with E-state index in [1.807, 2.05) is 71.6 Å². The maximum atomic E-state index is 12.5. The van der Waals surface area contributed by atoms with Crippen LogP contribution in [-0.2, 0) is 11.2 Å². The van der Waals surface area contributed by atoms with Crippen LogP contribution in [0.25, 0.3) is 16.9 Å². The molecule has 0 unspecified atom stereocenters. The molecule has 0 fully saturated rings. The first-order valence-corrected chi connectivity index (χ1v) is 11.9. The topological polar surface area (TPSA) is 88.4 Å². The van der Waals surface area contributed by atoms with Crippen LogP contribution in [0.3, 0.4) is 0 Å². The molecule has 0 radical (unpaired) electrons. The fourth-order valence-electron chi connectivity index (χ4n) is 3.40. The highest BCUT2D eigenvalue weighted by atomic mass is 32.1. The second-order valence-electron chi connectivity index (χ2n) is 7.43. The van der Waals surface area contributed by atoms with Gasteiger partial charge in [0.05, 0.1) is 22.7 Å². The van der Waals surface area contributed by atoms with Crippen molar-refractivity contribution in [3.05, 3.63) is 87.8 Å². The first kappa shape index (κ1) is 21.0. The normalized spacial score (nSPS) is 10.9. The summed E-state index contributed by atoms with van der Waals surface area (Å²) in [5, 5.41) is 9.75. The Morgan fingerprint density at radius 1 is 1.00 bits per heavy atom. The number of fused-ring (bicyclic) bond motifs is 1. The Morgan fingerprint density at radius 2 is 1.85 bits per heavy atom. The molecule has 0 atom stereocenters. The Hall–Kier alpha value is -3.82. The molecule has 1 aromatic carbocycles. The highest BCUT2D eigenvalue weighted by Gasteiger charge is 2.12. The quantitative estimate of drug-likeness (QED) is 0.352. The van der Waals surface area contributed by atoms with E-state index in [0.29, 0.717) is 21.4 Å². The molecule has 0 aliphatic heterocycles. The third-order valence-corrected chi connectivity index (χ3v) is 6.68. The summed E-state index contributed by atoms with van der Waals surface area (Å²) in [6.45, 7) is 2.04. The number of thiazole rings is 1. The van der Waals surface area contributed by atoms with Crippen LogP contribution in [0.2, 0.25) is 0 Å². The van der Waals surface area contributed by atoms with Crippen LogP contribution in [0.1, 0.15) is 20.9 Å². The largest absolute Gasteiger partial charge is 0.326 e. The number of carbonyl (C=O) groups excluding carboxylic acids is 2. The van der Waals surface area contributed by atoms with Gasteiger partial charge in [0.25, 0.3) is 5.91 Å². The summed E-state index contributed by atoms with van der Waals surface area (Å²) < 4.78 is 2.01. The van der Waals surface area contributed by atoms with Gasteiger partial charge in [-0.1, -0.05) is 24.3 Å². The predicted octanol–water partition coefficient (Wildman–Crippen LogP) is 5.26. The van der Waals surface area contributed by atoms with Gasteiger partial charge in [0.1, 0.15) is 5.65 Å². The van der Waals surface area contributed by atoms with Crippen LogP contribution in [0.4, 0.5) is 10.8 Å². The molecular weight excluding hydrogens is 454 g/mol. The van der Waals surface area contributed by atoms with Crippen molar-refractivity contribution in [2.45, 2.75) is 13.3 Å². The Balaban J connectivity index is 1.20. The molecule has 33 heavy (non-hydrogen) atoms. The summed E-state index contributed by atoms with van der Waals surface area (Å²) in [5.74, 6) is -0.372. The molecule has 4 aromatic heterocycles. The van der Waals surface area contributed by atoms with E-state index in [-0.39, 0.29) is 18.2 Å².